The zero-order chi connectivity index (χ0) is 12.0. The molecule has 1 N–H and O–H groups in total. The average molecular weight is 227 g/mol. The molecule has 1 aliphatic heterocycles. The minimum Gasteiger partial charge on any atom is -0.444 e. The summed E-state index contributed by atoms with van der Waals surface area (Å²) in [4.78, 5) is 13.8. The fourth-order valence-corrected chi connectivity index (χ4v) is 2.39. The number of nitrogens with zero attached hydrogens (tertiary/aromatic N) is 1. The molecule has 0 aromatic heterocycles. The zero-order valence-electron chi connectivity index (χ0n) is 10.3. The highest BCUT2D eigenvalue weighted by atomic mass is 16.6. The lowest BCUT2D eigenvalue weighted by Crippen LogP contribution is -2.50. The van der Waals surface area contributed by atoms with E-state index in [2.05, 4.69) is 0 Å². The van der Waals surface area contributed by atoms with E-state index in [0.29, 0.717) is 19.4 Å². The lowest BCUT2D eigenvalue weighted by Gasteiger charge is -2.39. The number of hydrogen-bond acceptors (Lipinski definition) is 3. The Bertz CT molecular complexity index is 291. The number of amides is 1. The lowest BCUT2D eigenvalue weighted by molar-refractivity contribution is -0.0139. The van der Waals surface area contributed by atoms with Crippen molar-refractivity contribution in [2.75, 3.05) is 6.54 Å². The summed E-state index contributed by atoms with van der Waals surface area (Å²) in [7, 11) is 0. The second-order valence-corrected chi connectivity index (χ2v) is 6.00. The van der Waals surface area contributed by atoms with Crippen molar-refractivity contribution >= 4 is 6.09 Å². The van der Waals surface area contributed by atoms with Crippen LogP contribution < -0.4 is 0 Å². The monoisotopic (exact) mass is 227 g/mol. The number of piperidine rings is 1. The first-order valence-electron chi connectivity index (χ1n) is 6.01. The third-order valence-corrected chi connectivity index (χ3v) is 3.32. The van der Waals surface area contributed by atoms with E-state index >= 15 is 0 Å². The predicted octanol–water partition coefficient (Wildman–Crippen LogP) is 1.91. The van der Waals surface area contributed by atoms with Crippen LogP contribution in [0.5, 0.6) is 0 Å². The van der Waals surface area contributed by atoms with Crippen molar-refractivity contribution < 1.29 is 14.6 Å². The molecule has 1 unspecified atom stereocenters. The molecule has 2 aliphatic rings. The first-order chi connectivity index (χ1) is 7.32. The van der Waals surface area contributed by atoms with E-state index in [1.807, 2.05) is 25.7 Å². The standard InChI is InChI=1S/C12H21NO3/c1-11(2,3)16-10(15)13-7-4-9(14)8-12(13)5-6-12/h9,14H,4-8H2,1-3H3. The Morgan fingerprint density at radius 3 is 2.56 bits per heavy atom. The molecule has 1 amide bonds. The fraction of sp³-hybridized carbons (Fsp3) is 0.917. The number of aliphatic hydroxyl groups excluding tert-OH is 1. The second kappa shape index (κ2) is 3.62. The molecule has 0 aromatic carbocycles. The third-order valence-electron chi connectivity index (χ3n) is 3.32. The summed E-state index contributed by atoms with van der Waals surface area (Å²) in [6, 6.07) is 0. The first kappa shape index (κ1) is 11.7. The molecule has 0 aromatic rings. The molecule has 1 aliphatic carbocycles. The first-order valence-corrected chi connectivity index (χ1v) is 6.01. The van der Waals surface area contributed by atoms with E-state index in [1.54, 1.807) is 0 Å². The van der Waals surface area contributed by atoms with E-state index in [9.17, 15) is 9.90 Å². The molecule has 1 atom stereocenters. The van der Waals surface area contributed by atoms with Gasteiger partial charge in [-0.05, 0) is 46.5 Å². The predicted molar refractivity (Wildman–Crippen MR) is 60.1 cm³/mol. The summed E-state index contributed by atoms with van der Waals surface area (Å²) in [6.45, 7) is 6.26. The number of likely N-dealkylation sites (tertiary alicyclic amines) is 1. The van der Waals surface area contributed by atoms with Crippen molar-refractivity contribution in [3.8, 4) is 0 Å². The maximum atomic E-state index is 12.0. The van der Waals surface area contributed by atoms with Crippen molar-refractivity contribution in [3.05, 3.63) is 0 Å². The molecule has 16 heavy (non-hydrogen) atoms. The third kappa shape index (κ3) is 2.32. The summed E-state index contributed by atoms with van der Waals surface area (Å²) < 4.78 is 5.39. The Kier molecular flexibility index (Phi) is 2.65. The van der Waals surface area contributed by atoms with Crippen molar-refractivity contribution in [1.29, 1.82) is 0 Å². The molecule has 92 valence electrons. The van der Waals surface area contributed by atoms with Crippen LogP contribution in [0.1, 0.15) is 46.5 Å². The Balaban J connectivity index is 2.01. The number of aliphatic hydroxyl groups is 1. The summed E-state index contributed by atoms with van der Waals surface area (Å²) in [5, 5.41) is 9.64. The van der Waals surface area contributed by atoms with Crippen LogP contribution in [0.25, 0.3) is 0 Å². The Labute approximate surface area is 96.6 Å². The summed E-state index contributed by atoms with van der Waals surface area (Å²) in [5.74, 6) is 0. The van der Waals surface area contributed by atoms with Crippen LogP contribution in [0, 0.1) is 0 Å². The smallest absolute Gasteiger partial charge is 0.410 e. The van der Waals surface area contributed by atoms with Crippen LogP contribution in [0.4, 0.5) is 4.79 Å². The number of hydrogen-bond donors (Lipinski definition) is 1. The van der Waals surface area contributed by atoms with Gasteiger partial charge in [0.25, 0.3) is 0 Å². The normalized spacial score (nSPS) is 28.0. The van der Waals surface area contributed by atoms with E-state index in [-0.39, 0.29) is 17.7 Å². The van der Waals surface area contributed by atoms with Crippen molar-refractivity contribution in [2.45, 2.75) is 63.7 Å². The van der Waals surface area contributed by atoms with Crippen LogP contribution in [-0.2, 0) is 4.74 Å². The summed E-state index contributed by atoms with van der Waals surface area (Å²) >= 11 is 0. The average Bonchev–Trinajstić information content (AvgIpc) is 2.81. The van der Waals surface area contributed by atoms with Gasteiger partial charge in [-0.2, -0.15) is 0 Å². The molecule has 1 spiro atoms. The van der Waals surface area contributed by atoms with Gasteiger partial charge in [0, 0.05) is 12.1 Å². The maximum Gasteiger partial charge on any atom is 0.410 e. The lowest BCUT2D eigenvalue weighted by atomic mass is 9.98. The molecule has 0 bridgehead atoms. The molecule has 2 rings (SSSR count). The highest BCUT2D eigenvalue weighted by Crippen LogP contribution is 2.48. The Hall–Kier alpha value is -0.770. The molecule has 1 saturated heterocycles. The number of rotatable bonds is 0. The maximum absolute atomic E-state index is 12.0. The summed E-state index contributed by atoms with van der Waals surface area (Å²) in [6.07, 6.45) is 2.91. The van der Waals surface area contributed by atoms with E-state index in [0.717, 1.165) is 12.8 Å². The summed E-state index contributed by atoms with van der Waals surface area (Å²) in [5.41, 5.74) is -0.525. The van der Waals surface area contributed by atoms with Gasteiger partial charge in [-0.15, -0.1) is 0 Å². The van der Waals surface area contributed by atoms with E-state index in [1.165, 1.54) is 0 Å². The van der Waals surface area contributed by atoms with Crippen LogP contribution in [0.15, 0.2) is 0 Å². The number of ether oxygens (including phenoxy) is 1. The molecule has 1 heterocycles. The van der Waals surface area contributed by atoms with Gasteiger partial charge >= 0.3 is 6.09 Å². The van der Waals surface area contributed by atoms with Gasteiger partial charge in [0.2, 0.25) is 0 Å². The molecule has 4 nitrogen and oxygen atoms in total. The van der Waals surface area contributed by atoms with Gasteiger partial charge in [-0.25, -0.2) is 4.79 Å². The Morgan fingerprint density at radius 2 is 2.06 bits per heavy atom. The molecule has 0 radical (unpaired) electrons. The number of carbonyl (C=O) groups excluding carboxylic acids is 1. The topological polar surface area (TPSA) is 49.8 Å². The van der Waals surface area contributed by atoms with Crippen molar-refractivity contribution in [1.82, 2.24) is 4.90 Å². The minimum absolute atomic E-state index is 0.0833. The van der Waals surface area contributed by atoms with Gasteiger partial charge in [0.15, 0.2) is 0 Å². The van der Waals surface area contributed by atoms with Crippen molar-refractivity contribution in [3.63, 3.8) is 0 Å². The highest BCUT2D eigenvalue weighted by molar-refractivity contribution is 5.70. The van der Waals surface area contributed by atoms with Gasteiger partial charge in [-0.1, -0.05) is 0 Å². The molecule has 1 saturated carbocycles. The second-order valence-electron chi connectivity index (χ2n) is 6.00. The van der Waals surface area contributed by atoms with E-state index < -0.39 is 5.60 Å². The van der Waals surface area contributed by atoms with E-state index in [4.69, 9.17) is 4.74 Å². The molecular weight excluding hydrogens is 206 g/mol. The Morgan fingerprint density at radius 1 is 1.44 bits per heavy atom. The van der Waals surface area contributed by atoms with Crippen LogP contribution in [0.3, 0.4) is 0 Å². The quantitative estimate of drug-likeness (QED) is 0.687. The molecule has 4 heteroatoms. The van der Waals surface area contributed by atoms with Crippen LogP contribution in [-0.4, -0.2) is 39.9 Å². The molecular formula is C12H21NO3. The zero-order valence-corrected chi connectivity index (χ0v) is 10.3. The van der Waals surface area contributed by atoms with Gasteiger partial charge in [0.1, 0.15) is 5.60 Å². The minimum atomic E-state index is -0.441. The van der Waals surface area contributed by atoms with Crippen LogP contribution >= 0.6 is 0 Å². The number of carbonyl (C=O) groups is 1. The fourth-order valence-electron chi connectivity index (χ4n) is 2.39. The SMILES string of the molecule is CC(C)(C)OC(=O)N1CCC(O)CC12CC2. The van der Waals surface area contributed by atoms with Gasteiger partial charge < -0.3 is 14.7 Å². The highest BCUT2D eigenvalue weighted by Gasteiger charge is 2.54. The van der Waals surface area contributed by atoms with Gasteiger partial charge in [0.05, 0.1) is 6.10 Å². The van der Waals surface area contributed by atoms with Gasteiger partial charge in [-0.3, -0.25) is 0 Å². The largest absolute Gasteiger partial charge is 0.444 e. The van der Waals surface area contributed by atoms with Crippen LogP contribution in [0.2, 0.25) is 0 Å². The molecule has 2 fully saturated rings. The van der Waals surface area contributed by atoms with Crippen molar-refractivity contribution in [2.24, 2.45) is 0 Å².